The second kappa shape index (κ2) is 8.38. The fraction of sp³-hybridized carbons (Fsp3) is 0.478. The van der Waals surface area contributed by atoms with Crippen LogP contribution in [0.2, 0.25) is 0 Å². The minimum absolute atomic E-state index is 0.180. The second-order valence-electron chi connectivity index (χ2n) is 8.97. The van der Waals surface area contributed by atoms with Gasteiger partial charge in [0.2, 0.25) is 5.91 Å². The molecule has 3 amide bonds. The Kier molecular flexibility index (Phi) is 5.77. The lowest BCUT2D eigenvalue weighted by molar-refractivity contribution is -0.132. The number of piperazine rings is 1. The molecule has 0 aliphatic carbocycles. The lowest BCUT2D eigenvalue weighted by Gasteiger charge is -2.40. The average Bonchev–Trinajstić information content (AvgIpc) is 3.20. The Balaban J connectivity index is 1.50. The van der Waals surface area contributed by atoms with Crippen molar-refractivity contribution in [2.75, 3.05) is 40.3 Å². The fourth-order valence-corrected chi connectivity index (χ4v) is 4.08. The van der Waals surface area contributed by atoms with Crippen molar-refractivity contribution in [3.8, 4) is 0 Å². The molecule has 1 fully saturated rings. The highest BCUT2D eigenvalue weighted by molar-refractivity contribution is 6.01. The molecule has 1 atom stereocenters. The zero-order valence-corrected chi connectivity index (χ0v) is 19.1. The number of aromatic nitrogens is 2. The number of carbonyl (C=O) groups is 3. The van der Waals surface area contributed by atoms with E-state index in [4.69, 9.17) is 0 Å². The van der Waals surface area contributed by atoms with Gasteiger partial charge in [-0.2, -0.15) is 5.10 Å². The van der Waals surface area contributed by atoms with Crippen LogP contribution in [0, 0.1) is 6.92 Å². The van der Waals surface area contributed by atoms with E-state index in [9.17, 15) is 14.4 Å². The Hall–Kier alpha value is -3.20. The van der Waals surface area contributed by atoms with Gasteiger partial charge >= 0.3 is 0 Å². The van der Waals surface area contributed by atoms with E-state index in [1.807, 2.05) is 38.2 Å². The Labute approximate surface area is 188 Å². The third-order valence-electron chi connectivity index (χ3n) is 6.57. The van der Waals surface area contributed by atoms with Crippen molar-refractivity contribution < 1.29 is 14.4 Å². The number of hydrogen-bond donors (Lipinski definition) is 1. The highest BCUT2D eigenvalue weighted by Crippen LogP contribution is 2.26. The number of hydrogen-bond acceptors (Lipinski definition) is 5. The average molecular weight is 439 g/mol. The van der Waals surface area contributed by atoms with Crippen molar-refractivity contribution in [2.24, 2.45) is 0 Å². The Morgan fingerprint density at radius 2 is 1.75 bits per heavy atom. The number of carbonyl (C=O) groups excluding carboxylic acids is 3. The minimum Gasteiger partial charge on any atom is -0.350 e. The Bertz CT molecular complexity index is 1040. The highest BCUT2D eigenvalue weighted by atomic mass is 16.2. The van der Waals surface area contributed by atoms with Crippen LogP contribution in [0.5, 0.6) is 0 Å². The Morgan fingerprint density at radius 1 is 1.09 bits per heavy atom. The first kappa shape index (κ1) is 22.0. The molecule has 4 rings (SSSR count). The third kappa shape index (κ3) is 4.00. The summed E-state index contributed by atoms with van der Waals surface area (Å²) < 4.78 is 1.50. The van der Waals surface area contributed by atoms with E-state index >= 15 is 0 Å². The van der Waals surface area contributed by atoms with Crippen LogP contribution in [0.4, 0.5) is 0 Å². The minimum atomic E-state index is -1.12. The van der Waals surface area contributed by atoms with Crippen LogP contribution in [0.25, 0.3) is 0 Å². The molecule has 1 aromatic heterocycles. The molecule has 1 aromatic carbocycles. The molecule has 2 aliphatic heterocycles. The summed E-state index contributed by atoms with van der Waals surface area (Å²) in [6, 6.07) is 9.47. The molecule has 1 N–H and O–H groups in total. The maximum absolute atomic E-state index is 13.1. The molecule has 9 nitrogen and oxygen atoms in total. The number of nitrogens with zero attached hydrogens (tertiary/aromatic N) is 5. The number of likely N-dealkylation sites (N-methyl/N-ethyl adjacent to an activating group) is 2. The van der Waals surface area contributed by atoms with Crippen LogP contribution >= 0.6 is 0 Å². The third-order valence-corrected chi connectivity index (χ3v) is 6.57. The van der Waals surface area contributed by atoms with E-state index in [0.29, 0.717) is 25.3 Å². The van der Waals surface area contributed by atoms with E-state index in [-0.39, 0.29) is 30.0 Å². The number of nitrogens with one attached hydrogen (secondary N) is 1. The van der Waals surface area contributed by atoms with Gasteiger partial charge in [0.25, 0.3) is 11.8 Å². The number of rotatable bonds is 4. The first-order valence-electron chi connectivity index (χ1n) is 10.9. The summed E-state index contributed by atoms with van der Waals surface area (Å²) in [7, 11) is 3.64. The van der Waals surface area contributed by atoms with Crippen molar-refractivity contribution in [1.29, 1.82) is 0 Å². The predicted molar refractivity (Wildman–Crippen MR) is 119 cm³/mol. The molecule has 32 heavy (non-hydrogen) atoms. The molecule has 170 valence electrons. The largest absolute Gasteiger partial charge is 0.350 e. The molecular formula is C23H30N6O3. The second-order valence-corrected chi connectivity index (χ2v) is 8.97. The van der Waals surface area contributed by atoms with E-state index in [1.54, 1.807) is 24.9 Å². The van der Waals surface area contributed by atoms with Crippen molar-refractivity contribution >= 4 is 17.7 Å². The first-order chi connectivity index (χ1) is 15.2. The summed E-state index contributed by atoms with van der Waals surface area (Å²) in [6.45, 7) is 7.16. The molecule has 1 unspecified atom stereocenters. The summed E-state index contributed by atoms with van der Waals surface area (Å²) in [5.41, 5.74) is 1.59. The topological polar surface area (TPSA) is 90.8 Å². The summed E-state index contributed by atoms with van der Waals surface area (Å²) in [6.07, 6.45) is 0. The fourth-order valence-electron chi connectivity index (χ4n) is 4.08. The van der Waals surface area contributed by atoms with Gasteiger partial charge < -0.3 is 20.0 Å². The SMILES string of the molecule is Cc1ccc(CNC(=O)C2(C)Cn3nc(C(=O)N4CCN(C)CC4)cc3C(=O)N2C)cc1. The van der Waals surface area contributed by atoms with Gasteiger partial charge in [-0.15, -0.1) is 0 Å². The molecule has 2 aliphatic rings. The smallest absolute Gasteiger partial charge is 0.274 e. The van der Waals surface area contributed by atoms with Crippen LogP contribution in [-0.2, 0) is 17.9 Å². The lowest BCUT2D eigenvalue weighted by atomic mass is 9.95. The predicted octanol–water partition coefficient (Wildman–Crippen LogP) is 0.740. The normalized spacial score (nSPS) is 21.4. The molecule has 0 spiro atoms. The van der Waals surface area contributed by atoms with Crippen molar-refractivity contribution in [3.05, 3.63) is 52.8 Å². The zero-order chi connectivity index (χ0) is 23.0. The molecule has 2 aromatic rings. The van der Waals surface area contributed by atoms with Gasteiger partial charge in [0, 0.05) is 45.8 Å². The summed E-state index contributed by atoms with van der Waals surface area (Å²) in [5, 5.41) is 7.36. The highest BCUT2D eigenvalue weighted by Gasteiger charge is 2.46. The van der Waals surface area contributed by atoms with Gasteiger partial charge in [-0.05, 0) is 26.5 Å². The van der Waals surface area contributed by atoms with Crippen molar-refractivity contribution in [3.63, 3.8) is 0 Å². The van der Waals surface area contributed by atoms with Crippen LogP contribution in [0.15, 0.2) is 30.3 Å². The summed E-state index contributed by atoms with van der Waals surface area (Å²) in [4.78, 5) is 44.5. The molecule has 9 heteroatoms. The van der Waals surface area contributed by atoms with Crippen LogP contribution in [0.3, 0.4) is 0 Å². The molecule has 0 saturated carbocycles. The standard InChI is InChI=1S/C23H30N6O3/c1-16-5-7-17(8-6-16)14-24-22(32)23(2)15-29-19(21(31)27(23)4)13-18(25-29)20(30)28-11-9-26(3)10-12-28/h5-8,13H,9-12,14-15H2,1-4H3,(H,24,32). The number of amides is 3. The lowest BCUT2D eigenvalue weighted by Crippen LogP contribution is -2.62. The first-order valence-corrected chi connectivity index (χ1v) is 10.9. The maximum atomic E-state index is 13.1. The molecule has 0 bridgehead atoms. The van der Waals surface area contributed by atoms with Crippen molar-refractivity contribution in [1.82, 2.24) is 29.8 Å². The van der Waals surface area contributed by atoms with Gasteiger partial charge in [-0.1, -0.05) is 29.8 Å². The van der Waals surface area contributed by atoms with Gasteiger partial charge in [0.15, 0.2) is 5.69 Å². The molecule has 3 heterocycles. The molecular weight excluding hydrogens is 408 g/mol. The Morgan fingerprint density at radius 3 is 2.41 bits per heavy atom. The summed E-state index contributed by atoms with van der Waals surface area (Å²) in [5.74, 6) is -0.767. The number of benzene rings is 1. The van der Waals surface area contributed by atoms with E-state index in [2.05, 4.69) is 15.3 Å². The molecule has 1 saturated heterocycles. The zero-order valence-electron chi connectivity index (χ0n) is 19.1. The van der Waals surface area contributed by atoms with Gasteiger partial charge in [-0.25, -0.2) is 0 Å². The van der Waals surface area contributed by atoms with Crippen LogP contribution in [-0.4, -0.2) is 88.0 Å². The van der Waals surface area contributed by atoms with E-state index in [1.165, 1.54) is 9.58 Å². The number of aryl methyl sites for hydroxylation is 1. The van der Waals surface area contributed by atoms with Crippen molar-refractivity contribution in [2.45, 2.75) is 32.5 Å². The van der Waals surface area contributed by atoms with Gasteiger partial charge in [-0.3, -0.25) is 19.1 Å². The van der Waals surface area contributed by atoms with Gasteiger partial charge in [0.05, 0.1) is 6.54 Å². The van der Waals surface area contributed by atoms with Crippen LogP contribution in [0.1, 0.15) is 39.0 Å². The van der Waals surface area contributed by atoms with Gasteiger partial charge in [0.1, 0.15) is 11.2 Å². The summed E-state index contributed by atoms with van der Waals surface area (Å²) >= 11 is 0. The van der Waals surface area contributed by atoms with E-state index < -0.39 is 5.54 Å². The number of fused-ring (bicyclic) bond motifs is 1. The molecule has 0 radical (unpaired) electrons. The monoisotopic (exact) mass is 438 g/mol. The quantitative estimate of drug-likeness (QED) is 0.761. The van der Waals surface area contributed by atoms with E-state index in [0.717, 1.165) is 24.2 Å². The maximum Gasteiger partial charge on any atom is 0.274 e. The van der Waals surface area contributed by atoms with Crippen LogP contribution < -0.4 is 5.32 Å².